The van der Waals surface area contributed by atoms with Gasteiger partial charge in [0.25, 0.3) is 0 Å². The lowest BCUT2D eigenvalue weighted by atomic mass is 9.92. The van der Waals surface area contributed by atoms with E-state index in [-0.39, 0.29) is 0 Å². The van der Waals surface area contributed by atoms with E-state index in [1.807, 2.05) is 0 Å². The second kappa shape index (κ2) is 22.0. The smallest absolute Gasteiger partial charge is 0.217 e. The number of carbonyl (C=O) groups excluding carboxylic acids is 2. The molecule has 62 heavy (non-hydrogen) atoms. The maximum absolute atomic E-state index is 12.5. The summed E-state index contributed by atoms with van der Waals surface area (Å²) in [6.45, 7) is -0.399. The van der Waals surface area contributed by atoms with E-state index in [1.165, 1.54) is 13.8 Å². The van der Waals surface area contributed by atoms with Crippen LogP contribution in [0.25, 0.3) is 0 Å². The Bertz CT molecular complexity index is 1440. The first-order valence-corrected chi connectivity index (χ1v) is 19.9. The van der Waals surface area contributed by atoms with Crippen molar-refractivity contribution in [3.8, 4) is 0 Å². The maximum Gasteiger partial charge on any atom is 0.217 e. The molecule has 5 rings (SSSR count). The second-order valence-corrected chi connectivity index (χ2v) is 15.8. The quantitative estimate of drug-likeness (QED) is 0.0725. The van der Waals surface area contributed by atoms with E-state index in [0.29, 0.717) is 0 Å². The van der Waals surface area contributed by atoms with Crippen LogP contribution in [-0.2, 0) is 52.2 Å². The van der Waals surface area contributed by atoms with Crippen LogP contribution in [0.5, 0.6) is 0 Å². The van der Waals surface area contributed by atoms with Gasteiger partial charge in [-0.05, 0) is 6.92 Å². The molecule has 16 N–H and O–H groups in total. The molecule has 0 spiro atoms. The Morgan fingerprint density at radius 3 is 1.37 bits per heavy atom. The van der Waals surface area contributed by atoms with Crippen LogP contribution in [-0.4, -0.2) is 270 Å². The molecule has 5 heterocycles. The third-order valence-electron chi connectivity index (χ3n) is 11.4. The molecule has 5 aliphatic rings. The fourth-order valence-corrected chi connectivity index (χ4v) is 7.98. The zero-order valence-electron chi connectivity index (χ0n) is 33.7. The highest BCUT2D eigenvalue weighted by molar-refractivity contribution is 5.73. The highest BCUT2D eigenvalue weighted by Gasteiger charge is 2.56. The van der Waals surface area contributed by atoms with Gasteiger partial charge in [-0.3, -0.25) is 9.59 Å². The van der Waals surface area contributed by atoms with Crippen LogP contribution in [0, 0.1) is 0 Å². The summed E-state index contributed by atoms with van der Waals surface area (Å²) in [5.74, 6) is -1.29. The van der Waals surface area contributed by atoms with Crippen LogP contribution in [0.1, 0.15) is 20.8 Å². The van der Waals surface area contributed by atoms with E-state index in [0.717, 1.165) is 6.92 Å². The van der Waals surface area contributed by atoms with Gasteiger partial charge in [0.2, 0.25) is 11.8 Å². The average molecular weight is 909 g/mol. The van der Waals surface area contributed by atoms with Gasteiger partial charge in [0, 0.05) is 13.8 Å². The molecule has 27 heteroatoms. The van der Waals surface area contributed by atoms with Gasteiger partial charge in [-0.1, -0.05) is 0 Å². The first-order chi connectivity index (χ1) is 29.3. The topological polar surface area (TPSA) is 424 Å². The van der Waals surface area contributed by atoms with E-state index >= 15 is 0 Å². The number of aliphatic hydroxyl groups is 14. The van der Waals surface area contributed by atoms with Crippen molar-refractivity contribution < 1.29 is 124 Å². The fraction of sp³-hybridized carbons (Fsp3) is 0.943. The monoisotopic (exact) mass is 908 g/mol. The number of carbonyl (C=O) groups is 2. The lowest BCUT2D eigenvalue weighted by Gasteiger charge is -2.50. The highest BCUT2D eigenvalue weighted by Crippen LogP contribution is 2.35. The van der Waals surface area contributed by atoms with Crippen LogP contribution in [0.3, 0.4) is 0 Å². The van der Waals surface area contributed by atoms with Gasteiger partial charge in [0.1, 0.15) is 116 Å². The molecular formula is C35H60N2O25. The van der Waals surface area contributed by atoms with Crippen molar-refractivity contribution in [2.24, 2.45) is 0 Å². The molecule has 2 amide bonds. The summed E-state index contributed by atoms with van der Waals surface area (Å²) in [6, 6.07) is -2.68. The summed E-state index contributed by atoms with van der Waals surface area (Å²) in [5.41, 5.74) is 0. The minimum Gasteiger partial charge on any atom is -0.394 e. The van der Waals surface area contributed by atoms with Crippen molar-refractivity contribution in [1.29, 1.82) is 0 Å². The summed E-state index contributed by atoms with van der Waals surface area (Å²) >= 11 is 0. The Hall–Kier alpha value is -1.98. The van der Waals surface area contributed by atoms with Gasteiger partial charge in [0.15, 0.2) is 25.2 Å². The van der Waals surface area contributed by atoms with Crippen LogP contribution in [0.2, 0.25) is 0 Å². The van der Waals surface area contributed by atoms with Gasteiger partial charge in [-0.25, -0.2) is 0 Å². The van der Waals surface area contributed by atoms with Crippen LogP contribution < -0.4 is 10.6 Å². The molecule has 0 saturated carbocycles. The lowest BCUT2D eigenvalue weighted by molar-refractivity contribution is -0.383. The molecule has 0 aromatic heterocycles. The first-order valence-electron chi connectivity index (χ1n) is 19.9. The van der Waals surface area contributed by atoms with Crippen molar-refractivity contribution in [3.63, 3.8) is 0 Å². The van der Waals surface area contributed by atoms with E-state index in [2.05, 4.69) is 10.6 Å². The van der Waals surface area contributed by atoms with E-state index < -0.39 is 198 Å². The van der Waals surface area contributed by atoms with Gasteiger partial charge in [-0.15, -0.1) is 0 Å². The normalized spacial score (nSPS) is 49.0. The average Bonchev–Trinajstić information content (AvgIpc) is 3.23. The Balaban J connectivity index is 1.41. The largest absolute Gasteiger partial charge is 0.394 e. The summed E-state index contributed by atoms with van der Waals surface area (Å²) in [5, 5.41) is 153. The third-order valence-corrected chi connectivity index (χ3v) is 11.4. The molecule has 0 aromatic carbocycles. The lowest BCUT2D eigenvalue weighted by Crippen LogP contribution is -2.70. The molecule has 0 aliphatic carbocycles. The molecule has 0 radical (unpaired) electrons. The molecule has 0 bridgehead atoms. The van der Waals surface area contributed by atoms with Gasteiger partial charge < -0.3 is 125 Å². The minimum absolute atomic E-state index is 0.533. The molecule has 27 nitrogen and oxygen atoms in total. The zero-order chi connectivity index (χ0) is 45.9. The minimum atomic E-state index is -2.16. The predicted octanol–water partition coefficient (Wildman–Crippen LogP) is -10.6. The molecule has 15 unspecified atom stereocenters. The Morgan fingerprint density at radius 2 is 0.839 bits per heavy atom. The zero-order valence-corrected chi connectivity index (χ0v) is 33.7. The first kappa shape index (κ1) is 51.0. The van der Waals surface area contributed by atoms with Crippen molar-refractivity contribution in [1.82, 2.24) is 10.6 Å². The number of nitrogens with one attached hydrogen (secondary N) is 2. The standard InChI is InChI=1S/C35H60N2O25/c1-9-17(36-10(2)42)22(47)29(14(6-40)55-9)60-32-18(37-11(3)43)23(48)30(15(7-41)58-32)61-35-28(53)31(62-34-27(52)25(50)20(45)13(5-39)57-34)21(46)16(59-35)8-54-33-26(51)24(49)19(44)12(4-38)56-33/h9,12-35,38-41,44-53H,4-8H2,1-3H3,(H,36,42)(H,37,43)/t9-,12?,13?,14?,15?,16?,17?,18?,19+,20+,21+,22?,23?,24?,25?,26?,27?,28?,29+,30+,31?,32-,33-,34+,35-/m0/s1. The van der Waals surface area contributed by atoms with Crippen molar-refractivity contribution >= 4 is 11.8 Å². The van der Waals surface area contributed by atoms with E-state index in [9.17, 15) is 81.1 Å². The fourth-order valence-electron chi connectivity index (χ4n) is 7.98. The summed E-state index contributed by atoms with van der Waals surface area (Å²) in [7, 11) is 0. The van der Waals surface area contributed by atoms with Gasteiger partial charge in [0.05, 0.1) is 45.2 Å². The van der Waals surface area contributed by atoms with Gasteiger partial charge in [-0.2, -0.15) is 0 Å². The third kappa shape index (κ3) is 11.0. The number of hydrogen-bond acceptors (Lipinski definition) is 25. The van der Waals surface area contributed by atoms with Crippen molar-refractivity contribution in [3.05, 3.63) is 0 Å². The molecule has 5 aliphatic heterocycles. The summed E-state index contributed by atoms with van der Waals surface area (Å²) in [6.07, 6.45) is -40.1. The molecule has 25 atom stereocenters. The van der Waals surface area contributed by atoms with Gasteiger partial charge >= 0.3 is 0 Å². The van der Waals surface area contributed by atoms with Crippen molar-refractivity contribution in [2.75, 3.05) is 33.0 Å². The summed E-state index contributed by atoms with van der Waals surface area (Å²) < 4.78 is 51.6. The Labute approximate surface area is 353 Å². The SMILES string of the molecule is CC(=O)NC1C(O)[C@H](O[C@@H]2OC(CO[C@H]3OC(CO)[C@@H](O)C(O)C3O)[C@@H](O)C(O[C@H]3OC(CO)[C@@H](O)C(O)C3O)C2O)C(CO)O[C@H]1O[C@@H]1C(CO)O[C@@H](C)C(NC(C)=O)C1O. The molecule has 360 valence electrons. The maximum atomic E-state index is 12.5. The molecule has 5 fully saturated rings. The summed E-state index contributed by atoms with van der Waals surface area (Å²) in [4.78, 5) is 24.4. The van der Waals surface area contributed by atoms with Crippen molar-refractivity contribution in [2.45, 2.75) is 174 Å². The van der Waals surface area contributed by atoms with E-state index in [4.69, 9.17) is 42.6 Å². The van der Waals surface area contributed by atoms with Crippen LogP contribution in [0.4, 0.5) is 0 Å². The number of amides is 2. The molecular weight excluding hydrogens is 848 g/mol. The number of hydrogen-bond donors (Lipinski definition) is 16. The number of aliphatic hydroxyl groups excluding tert-OH is 14. The Morgan fingerprint density at radius 1 is 0.435 bits per heavy atom. The van der Waals surface area contributed by atoms with E-state index in [1.54, 1.807) is 0 Å². The van der Waals surface area contributed by atoms with Crippen LogP contribution >= 0.6 is 0 Å². The molecule has 5 saturated heterocycles. The number of rotatable bonds is 15. The second-order valence-electron chi connectivity index (χ2n) is 15.8. The predicted molar refractivity (Wildman–Crippen MR) is 193 cm³/mol. The highest BCUT2D eigenvalue weighted by atomic mass is 16.8. The molecule has 0 aromatic rings. The number of ether oxygens (including phenoxy) is 9. The van der Waals surface area contributed by atoms with Crippen LogP contribution in [0.15, 0.2) is 0 Å². The Kier molecular flexibility index (Phi) is 18.1.